The lowest BCUT2D eigenvalue weighted by atomic mass is 10.2. The normalized spacial score (nSPS) is 11.0. The SMILES string of the molecule is COc1cc(/C=N\NCc2ccc(Cl)cc2)cc(I)c1OCc1ccc(Cl)cc1Cl. The molecular weight excluding hydrogens is 558 g/mol. The van der Waals surface area contributed by atoms with Gasteiger partial charge in [0.25, 0.3) is 0 Å². The van der Waals surface area contributed by atoms with Gasteiger partial charge >= 0.3 is 0 Å². The van der Waals surface area contributed by atoms with Gasteiger partial charge in [0.15, 0.2) is 11.5 Å². The van der Waals surface area contributed by atoms with E-state index in [9.17, 15) is 0 Å². The van der Waals surface area contributed by atoms with Crippen LogP contribution in [0.3, 0.4) is 0 Å². The van der Waals surface area contributed by atoms with Crippen LogP contribution in [-0.4, -0.2) is 13.3 Å². The predicted octanol–water partition coefficient (Wildman–Crippen LogP) is 6.96. The van der Waals surface area contributed by atoms with Gasteiger partial charge in [0.1, 0.15) is 6.61 Å². The zero-order chi connectivity index (χ0) is 21.5. The van der Waals surface area contributed by atoms with Crippen LogP contribution in [0, 0.1) is 3.57 Å². The Labute approximate surface area is 204 Å². The van der Waals surface area contributed by atoms with Gasteiger partial charge in [-0.2, -0.15) is 5.10 Å². The van der Waals surface area contributed by atoms with E-state index in [1.165, 1.54) is 0 Å². The molecule has 0 aliphatic heterocycles. The molecule has 0 heterocycles. The van der Waals surface area contributed by atoms with Gasteiger partial charge < -0.3 is 14.9 Å². The number of nitrogens with one attached hydrogen (secondary N) is 1. The Morgan fingerprint density at radius 2 is 1.73 bits per heavy atom. The van der Waals surface area contributed by atoms with Crippen molar-refractivity contribution >= 4 is 63.6 Å². The topological polar surface area (TPSA) is 42.8 Å². The third kappa shape index (κ3) is 6.41. The number of nitrogens with zero attached hydrogens (tertiary/aromatic N) is 1. The molecule has 4 nitrogen and oxygen atoms in total. The van der Waals surface area contributed by atoms with Crippen molar-refractivity contribution in [2.75, 3.05) is 7.11 Å². The summed E-state index contributed by atoms with van der Waals surface area (Å²) in [5.41, 5.74) is 5.85. The maximum atomic E-state index is 6.23. The van der Waals surface area contributed by atoms with Gasteiger partial charge in [-0.3, -0.25) is 0 Å². The first-order valence-electron chi connectivity index (χ1n) is 8.91. The van der Waals surface area contributed by atoms with E-state index in [1.54, 1.807) is 25.5 Å². The quantitative estimate of drug-likeness (QED) is 0.179. The second-order valence-corrected chi connectivity index (χ2v) is 8.72. The summed E-state index contributed by atoms with van der Waals surface area (Å²) in [5.74, 6) is 1.27. The second kappa shape index (κ2) is 11.1. The van der Waals surface area contributed by atoms with Crippen molar-refractivity contribution in [1.29, 1.82) is 0 Å². The van der Waals surface area contributed by atoms with Crippen molar-refractivity contribution in [3.8, 4) is 11.5 Å². The fraction of sp³-hybridized carbons (Fsp3) is 0.136. The van der Waals surface area contributed by atoms with Crippen LogP contribution in [-0.2, 0) is 13.2 Å². The van der Waals surface area contributed by atoms with E-state index in [1.807, 2.05) is 42.5 Å². The molecule has 3 rings (SSSR count). The average Bonchev–Trinajstić information content (AvgIpc) is 2.72. The Kier molecular flexibility index (Phi) is 8.50. The highest BCUT2D eigenvalue weighted by molar-refractivity contribution is 14.1. The molecule has 0 fully saturated rings. The van der Waals surface area contributed by atoms with E-state index in [0.29, 0.717) is 39.7 Å². The Morgan fingerprint density at radius 3 is 2.43 bits per heavy atom. The highest BCUT2D eigenvalue weighted by Crippen LogP contribution is 2.34. The Balaban J connectivity index is 1.66. The number of methoxy groups -OCH3 is 1. The standard InChI is InChI=1S/C22H18Cl3IN2O2/c1-29-21-9-15(12-28-27-11-14-2-5-17(23)6-3-14)8-20(26)22(21)30-13-16-4-7-18(24)10-19(16)25/h2-10,12,27H,11,13H2,1H3/b28-12-. The average molecular weight is 576 g/mol. The second-order valence-electron chi connectivity index (χ2n) is 6.28. The largest absolute Gasteiger partial charge is 0.493 e. The molecule has 3 aromatic rings. The van der Waals surface area contributed by atoms with Gasteiger partial charge in [-0.15, -0.1) is 0 Å². The van der Waals surface area contributed by atoms with Gasteiger partial charge in [-0.25, -0.2) is 0 Å². The number of hydrogen-bond donors (Lipinski definition) is 1. The summed E-state index contributed by atoms with van der Waals surface area (Å²) >= 11 is 20.3. The van der Waals surface area contributed by atoms with Crippen molar-refractivity contribution in [3.05, 3.63) is 89.9 Å². The maximum Gasteiger partial charge on any atom is 0.174 e. The first-order valence-corrected chi connectivity index (χ1v) is 11.1. The van der Waals surface area contributed by atoms with Crippen molar-refractivity contribution in [1.82, 2.24) is 5.43 Å². The van der Waals surface area contributed by atoms with Crippen LogP contribution in [0.25, 0.3) is 0 Å². The van der Waals surface area contributed by atoms with E-state index in [-0.39, 0.29) is 0 Å². The van der Waals surface area contributed by atoms with E-state index in [2.05, 4.69) is 33.1 Å². The molecule has 0 spiro atoms. The third-order valence-electron chi connectivity index (χ3n) is 4.14. The molecule has 156 valence electrons. The molecule has 0 saturated carbocycles. The Hall–Kier alpha value is -1.67. The van der Waals surface area contributed by atoms with Crippen LogP contribution >= 0.6 is 57.4 Å². The Bertz CT molecular complexity index is 1040. The molecule has 0 radical (unpaired) electrons. The van der Waals surface area contributed by atoms with E-state index in [0.717, 1.165) is 20.3 Å². The lowest BCUT2D eigenvalue weighted by Crippen LogP contribution is -2.06. The smallest absolute Gasteiger partial charge is 0.174 e. The van der Waals surface area contributed by atoms with Crippen molar-refractivity contribution < 1.29 is 9.47 Å². The molecule has 0 atom stereocenters. The summed E-state index contributed by atoms with van der Waals surface area (Å²) in [6.07, 6.45) is 1.74. The van der Waals surface area contributed by atoms with E-state index in [4.69, 9.17) is 44.3 Å². The first-order chi connectivity index (χ1) is 14.5. The van der Waals surface area contributed by atoms with Crippen molar-refractivity contribution in [2.24, 2.45) is 5.10 Å². The van der Waals surface area contributed by atoms with Crippen LogP contribution in [0.1, 0.15) is 16.7 Å². The summed E-state index contributed by atoms with van der Waals surface area (Å²) < 4.78 is 12.4. The van der Waals surface area contributed by atoms with Gasteiger partial charge in [-0.05, 0) is 70.1 Å². The lowest BCUT2D eigenvalue weighted by molar-refractivity contribution is 0.282. The van der Waals surface area contributed by atoms with Gasteiger partial charge in [0, 0.05) is 20.6 Å². The highest BCUT2D eigenvalue weighted by atomic mass is 127. The lowest BCUT2D eigenvalue weighted by Gasteiger charge is -2.14. The molecule has 3 aromatic carbocycles. The van der Waals surface area contributed by atoms with Crippen molar-refractivity contribution in [2.45, 2.75) is 13.2 Å². The predicted molar refractivity (Wildman–Crippen MR) is 132 cm³/mol. The van der Waals surface area contributed by atoms with Crippen LogP contribution in [0.5, 0.6) is 11.5 Å². The summed E-state index contributed by atoms with van der Waals surface area (Å²) in [5, 5.41) is 6.14. The van der Waals surface area contributed by atoms with Gasteiger partial charge in [-0.1, -0.05) is 53.0 Å². The van der Waals surface area contributed by atoms with Crippen LogP contribution in [0.15, 0.2) is 59.7 Å². The maximum absolute atomic E-state index is 6.23. The molecule has 8 heteroatoms. The minimum Gasteiger partial charge on any atom is -0.493 e. The molecular formula is C22H18Cl3IN2O2. The molecule has 0 bridgehead atoms. The molecule has 30 heavy (non-hydrogen) atoms. The summed E-state index contributed by atoms with van der Waals surface area (Å²) in [6.45, 7) is 0.906. The minimum atomic E-state index is 0.304. The number of halogens is 4. The summed E-state index contributed by atoms with van der Waals surface area (Å²) in [7, 11) is 1.60. The molecule has 0 saturated heterocycles. The van der Waals surface area contributed by atoms with Gasteiger partial charge in [0.05, 0.1) is 23.4 Å². The molecule has 0 aliphatic carbocycles. The number of benzene rings is 3. The molecule has 0 unspecified atom stereocenters. The zero-order valence-corrected chi connectivity index (χ0v) is 20.4. The fourth-order valence-corrected chi connectivity index (χ4v) is 3.97. The highest BCUT2D eigenvalue weighted by Gasteiger charge is 2.12. The summed E-state index contributed by atoms with van der Waals surface area (Å²) in [6, 6.07) is 16.8. The number of hydrazone groups is 1. The molecule has 0 aromatic heterocycles. The number of ether oxygens (including phenoxy) is 2. The Morgan fingerprint density at radius 1 is 1.00 bits per heavy atom. The zero-order valence-electron chi connectivity index (χ0n) is 16.0. The molecule has 0 aliphatic rings. The van der Waals surface area contributed by atoms with Crippen LogP contribution in [0.4, 0.5) is 0 Å². The number of rotatable bonds is 8. The van der Waals surface area contributed by atoms with Crippen molar-refractivity contribution in [3.63, 3.8) is 0 Å². The first kappa shape index (κ1) is 23.0. The number of hydrogen-bond acceptors (Lipinski definition) is 4. The summed E-state index contributed by atoms with van der Waals surface area (Å²) in [4.78, 5) is 0. The van der Waals surface area contributed by atoms with E-state index < -0.39 is 0 Å². The third-order valence-corrected chi connectivity index (χ3v) is 5.78. The molecule has 1 N–H and O–H groups in total. The van der Waals surface area contributed by atoms with Crippen LogP contribution in [0.2, 0.25) is 15.1 Å². The van der Waals surface area contributed by atoms with Gasteiger partial charge in [0.2, 0.25) is 0 Å². The van der Waals surface area contributed by atoms with Crippen LogP contribution < -0.4 is 14.9 Å². The monoisotopic (exact) mass is 574 g/mol. The molecule has 0 amide bonds. The minimum absolute atomic E-state index is 0.304. The van der Waals surface area contributed by atoms with E-state index >= 15 is 0 Å². The fourth-order valence-electron chi connectivity index (χ4n) is 2.60.